The maximum Gasteiger partial charge on any atom is 0.460 e. The van der Waals surface area contributed by atoms with Crippen molar-refractivity contribution in [3.8, 4) is 5.82 Å². The van der Waals surface area contributed by atoms with Gasteiger partial charge in [-0.3, -0.25) is 9.59 Å². The zero-order valence-corrected chi connectivity index (χ0v) is 23.0. The first-order valence-electron chi connectivity index (χ1n) is 12.1. The van der Waals surface area contributed by atoms with Crippen molar-refractivity contribution in [3.05, 3.63) is 81.5 Å². The van der Waals surface area contributed by atoms with E-state index in [-0.39, 0.29) is 39.7 Å². The largest absolute Gasteiger partial charge is 0.460 e. The van der Waals surface area contributed by atoms with Crippen molar-refractivity contribution < 1.29 is 40.3 Å². The summed E-state index contributed by atoms with van der Waals surface area (Å²) in [5.74, 6) is -13.5. The highest BCUT2D eigenvalue weighted by molar-refractivity contribution is 6.32. The number of aromatic nitrogens is 6. The quantitative estimate of drug-likeness (QED) is 0.262. The lowest BCUT2D eigenvalue weighted by Gasteiger charge is -2.26. The van der Waals surface area contributed by atoms with Crippen LogP contribution in [0.1, 0.15) is 43.4 Å². The number of hydrogen-bond donors (Lipinski definition) is 2. The molecule has 4 aromatic rings. The Balaban J connectivity index is 1.73. The molecule has 10 nitrogen and oxygen atoms in total. The third-order valence-electron chi connectivity index (χ3n) is 6.06. The van der Waals surface area contributed by atoms with Crippen molar-refractivity contribution >= 4 is 29.1 Å². The predicted octanol–water partition coefficient (Wildman–Crippen LogP) is 5.08. The molecule has 0 fully saturated rings. The van der Waals surface area contributed by atoms with E-state index in [1.165, 1.54) is 25.4 Å². The molecule has 0 saturated carbocycles. The van der Waals surface area contributed by atoms with Crippen LogP contribution in [0.15, 0.2) is 42.7 Å². The maximum atomic E-state index is 14.1. The van der Waals surface area contributed by atoms with Crippen molar-refractivity contribution in [3.63, 3.8) is 0 Å². The number of carbonyl (C=O) groups is 2. The van der Waals surface area contributed by atoms with Crippen LogP contribution in [0, 0.1) is 13.8 Å². The number of carbonyl (C=O) groups excluding carboxylic acids is 2. The molecule has 3 aromatic heterocycles. The standard InChI is InChI=1S/C25H20ClF7N8O2/c1-12-7-13(2)19(15(8-12)21(42)34-3)36-22(43)17-9-14(38-41(17)20-16(26)5-4-6-35-20)10-40-11-18(37-39-40)23(27,28)24(29,30)25(31,32)33/h4-9,11H,10H2,1-3H3,(H,34,42)(H,36,43). The topological polar surface area (TPSA) is 120 Å². The van der Waals surface area contributed by atoms with Crippen LogP contribution in [0.5, 0.6) is 0 Å². The lowest BCUT2D eigenvalue weighted by Crippen LogP contribution is -2.50. The molecule has 0 spiro atoms. The van der Waals surface area contributed by atoms with E-state index in [0.717, 1.165) is 16.3 Å². The Morgan fingerprint density at radius 2 is 1.72 bits per heavy atom. The summed E-state index contributed by atoms with van der Waals surface area (Å²) in [6.07, 6.45) is -5.02. The SMILES string of the molecule is CNC(=O)c1cc(C)cc(C)c1NC(=O)c1cc(Cn2cc(C(F)(F)C(F)(F)C(F)(F)F)nn2)nn1-c1ncccc1Cl. The molecule has 4 rings (SSSR count). The smallest absolute Gasteiger partial charge is 0.355 e. The summed E-state index contributed by atoms with van der Waals surface area (Å²) in [7, 11) is 1.41. The van der Waals surface area contributed by atoms with Gasteiger partial charge in [-0.05, 0) is 49.2 Å². The normalized spacial score (nSPS) is 12.3. The second-order valence-corrected chi connectivity index (χ2v) is 9.63. The average Bonchev–Trinajstić information content (AvgIpc) is 3.57. The number of benzene rings is 1. The van der Waals surface area contributed by atoms with Gasteiger partial charge >= 0.3 is 18.0 Å². The van der Waals surface area contributed by atoms with E-state index in [4.69, 9.17) is 11.6 Å². The van der Waals surface area contributed by atoms with E-state index in [1.807, 2.05) is 0 Å². The number of rotatable bonds is 8. The van der Waals surface area contributed by atoms with Crippen molar-refractivity contribution in [1.29, 1.82) is 0 Å². The maximum absolute atomic E-state index is 14.1. The summed E-state index contributed by atoms with van der Waals surface area (Å²) in [5, 5.41) is 15.4. The molecule has 1 aromatic carbocycles. The second kappa shape index (κ2) is 11.3. The summed E-state index contributed by atoms with van der Waals surface area (Å²) in [6, 6.07) is 7.37. The molecule has 228 valence electrons. The summed E-state index contributed by atoms with van der Waals surface area (Å²) < 4.78 is 94.5. The summed E-state index contributed by atoms with van der Waals surface area (Å²) in [5.41, 5.74) is -0.633. The van der Waals surface area contributed by atoms with Crippen LogP contribution in [0.3, 0.4) is 0 Å². The van der Waals surface area contributed by atoms with E-state index in [1.54, 1.807) is 26.0 Å². The number of amides is 2. The van der Waals surface area contributed by atoms with Crippen molar-refractivity contribution in [2.75, 3.05) is 12.4 Å². The van der Waals surface area contributed by atoms with Gasteiger partial charge in [-0.1, -0.05) is 22.9 Å². The number of hydrogen-bond acceptors (Lipinski definition) is 6. The van der Waals surface area contributed by atoms with E-state index >= 15 is 0 Å². The Bertz CT molecular complexity index is 1700. The Kier molecular flexibility index (Phi) is 8.23. The van der Waals surface area contributed by atoms with E-state index in [9.17, 15) is 40.3 Å². The minimum Gasteiger partial charge on any atom is -0.355 e. The molecule has 0 atom stereocenters. The van der Waals surface area contributed by atoms with E-state index in [0.29, 0.717) is 10.2 Å². The number of pyridine rings is 1. The molecule has 43 heavy (non-hydrogen) atoms. The van der Waals surface area contributed by atoms with Crippen LogP contribution in [0.25, 0.3) is 5.82 Å². The fourth-order valence-corrected chi connectivity index (χ4v) is 4.21. The highest BCUT2D eigenvalue weighted by Gasteiger charge is 2.74. The van der Waals surface area contributed by atoms with Gasteiger partial charge in [-0.2, -0.15) is 35.8 Å². The molecular weight excluding hydrogens is 613 g/mol. The molecule has 0 aliphatic carbocycles. The van der Waals surface area contributed by atoms with Gasteiger partial charge < -0.3 is 10.6 Å². The van der Waals surface area contributed by atoms with Crippen LogP contribution in [0.4, 0.5) is 36.4 Å². The first-order valence-corrected chi connectivity index (χ1v) is 12.4. The van der Waals surface area contributed by atoms with Gasteiger partial charge in [0.25, 0.3) is 11.8 Å². The molecule has 0 aliphatic heterocycles. The molecule has 0 bridgehead atoms. The monoisotopic (exact) mass is 632 g/mol. The highest BCUT2D eigenvalue weighted by Crippen LogP contribution is 2.51. The molecule has 18 heteroatoms. The van der Waals surface area contributed by atoms with Gasteiger partial charge in [-0.25, -0.2) is 14.3 Å². The fraction of sp³-hybridized carbons (Fsp3) is 0.280. The Labute approximate surface area is 242 Å². The zero-order valence-electron chi connectivity index (χ0n) is 22.3. The number of nitrogens with one attached hydrogen (secondary N) is 2. The molecule has 0 radical (unpaired) electrons. The van der Waals surface area contributed by atoms with Gasteiger partial charge in [-0.15, -0.1) is 5.10 Å². The van der Waals surface area contributed by atoms with Crippen molar-refractivity contribution in [1.82, 2.24) is 35.1 Å². The molecule has 2 N–H and O–H groups in total. The van der Waals surface area contributed by atoms with E-state index < -0.39 is 42.1 Å². The highest BCUT2D eigenvalue weighted by atomic mass is 35.5. The molecule has 0 saturated heterocycles. The molecular formula is C25H20ClF7N8O2. The number of alkyl halides is 7. The fourth-order valence-electron chi connectivity index (χ4n) is 4.01. The number of nitrogens with zero attached hydrogens (tertiary/aromatic N) is 6. The predicted molar refractivity (Wildman–Crippen MR) is 138 cm³/mol. The minimum atomic E-state index is -6.56. The van der Waals surface area contributed by atoms with Crippen LogP contribution >= 0.6 is 11.6 Å². The van der Waals surface area contributed by atoms with Crippen molar-refractivity contribution in [2.24, 2.45) is 0 Å². The minimum absolute atomic E-state index is 0.0386. The van der Waals surface area contributed by atoms with Crippen LogP contribution in [-0.4, -0.2) is 60.7 Å². The lowest BCUT2D eigenvalue weighted by atomic mass is 10.0. The summed E-state index contributed by atoms with van der Waals surface area (Å²) in [4.78, 5) is 30.1. The number of aryl methyl sites for hydroxylation is 2. The number of halogens is 8. The van der Waals surface area contributed by atoms with Crippen LogP contribution < -0.4 is 10.6 Å². The van der Waals surface area contributed by atoms with Gasteiger partial charge in [0.1, 0.15) is 5.69 Å². The van der Waals surface area contributed by atoms with Gasteiger partial charge in [0, 0.05) is 13.2 Å². The summed E-state index contributed by atoms with van der Waals surface area (Å²) >= 11 is 6.24. The van der Waals surface area contributed by atoms with Gasteiger partial charge in [0.2, 0.25) is 0 Å². The first-order chi connectivity index (χ1) is 20.0. The van der Waals surface area contributed by atoms with Gasteiger partial charge in [0.15, 0.2) is 11.5 Å². The van der Waals surface area contributed by atoms with E-state index in [2.05, 4.69) is 31.0 Å². The molecule has 3 heterocycles. The second-order valence-electron chi connectivity index (χ2n) is 9.23. The van der Waals surface area contributed by atoms with Crippen molar-refractivity contribution in [2.45, 2.75) is 38.4 Å². The Morgan fingerprint density at radius 3 is 2.35 bits per heavy atom. The number of anilines is 1. The molecule has 2 amide bonds. The van der Waals surface area contributed by atoms with Crippen LogP contribution in [0.2, 0.25) is 5.02 Å². The molecule has 0 aliphatic rings. The third-order valence-corrected chi connectivity index (χ3v) is 6.35. The van der Waals surface area contributed by atoms with Crippen LogP contribution in [-0.2, 0) is 12.5 Å². The summed E-state index contributed by atoms with van der Waals surface area (Å²) in [6.45, 7) is 2.82. The first kappa shape index (κ1) is 31.4. The Morgan fingerprint density at radius 1 is 1.02 bits per heavy atom. The average molecular weight is 633 g/mol. The lowest BCUT2D eigenvalue weighted by molar-refractivity contribution is -0.360. The molecule has 0 unspecified atom stereocenters. The van der Waals surface area contributed by atoms with Gasteiger partial charge in [0.05, 0.1) is 34.7 Å². The Hall–Kier alpha value is -4.54. The zero-order chi connectivity index (χ0) is 31.9. The third kappa shape index (κ3) is 5.89.